The van der Waals surface area contributed by atoms with Crippen LogP contribution in [0.5, 0.6) is 11.8 Å². The van der Waals surface area contributed by atoms with Crippen molar-refractivity contribution in [2.75, 3.05) is 18.5 Å². The van der Waals surface area contributed by atoms with Crippen LogP contribution in [0.4, 0.5) is 38.0 Å². The first kappa shape index (κ1) is 25.4. The van der Waals surface area contributed by atoms with Crippen molar-refractivity contribution in [2.24, 2.45) is 0 Å². The molecule has 0 radical (unpaired) electrons. The number of hydrogen-bond donors (Lipinski definition) is 1. The zero-order valence-electron chi connectivity index (χ0n) is 16.4. The highest BCUT2D eigenvalue weighted by molar-refractivity contribution is 6.02. The molecule has 9 nitrogen and oxygen atoms in total. The predicted molar refractivity (Wildman–Crippen MR) is 99.7 cm³/mol. The normalized spacial score (nSPS) is 11.6. The molecule has 0 spiro atoms. The summed E-state index contributed by atoms with van der Waals surface area (Å²) < 4.78 is 83.0. The van der Waals surface area contributed by atoms with Gasteiger partial charge in [0.25, 0.3) is 11.6 Å². The van der Waals surface area contributed by atoms with E-state index in [1.807, 2.05) is 0 Å². The van der Waals surface area contributed by atoms with Crippen LogP contribution in [0.15, 0.2) is 42.5 Å². The summed E-state index contributed by atoms with van der Waals surface area (Å²) in [4.78, 5) is 29.4. The number of nitro benzene ring substituents is 1. The second-order valence-corrected chi connectivity index (χ2v) is 6.33. The van der Waals surface area contributed by atoms with Crippen LogP contribution in [0.2, 0.25) is 0 Å². The van der Waals surface area contributed by atoms with Gasteiger partial charge in [-0.25, -0.2) is 0 Å². The van der Waals surface area contributed by atoms with Crippen LogP contribution in [0.25, 0.3) is 0 Å². The van der Waals surface area contributed by atoms with E-state index in [4.69, 9.17) is 0 Å². The van der Waals surface area contributed by atoms with Crippen molar-refractivity contribution in [2.45, 2.75) is 18.8 Å². The summed E-state index contributed by atoms with van der Waals surface area (Å²) in [7, 11) is 0. The molecule has 2 aromatic rings. The van der Waals surface area contributed by atoms with Gasteiger partial charge in [0.1, 0.15) is 0 Å². The van der Waals surface area contributed by atoms with Crippen molar-refractivity contribution in [1.29, 1.82) is 0 Å². The number of benzene rings is 1. The summed E-state index contributed by atoms with van der Waals surface area (Å²) in [6.45, 7) is -0.0810. The van der Waals surface area contributed by atoms with Crippen LogP contribution in [0, 0.1) is 10.1 Å². The number of non-ortho nitro benzene ring substituents is 1. The van der Waals surface area contributed by atoms with Crippen LogP contribution in [-0.2, 0) is 11.2 Å². The molecule has 0 atom stereocenters. The minimum Gasteiger partial charge on any atom is -0.468 e. The molecule has 1 N–H and O–H groups in total. The molecular weight excluding hydrogens is 466 g/mol. The molecule has 0 saturated carbocycles. The molecule has 1 heterocycles. The number of ether oxygens (including phenoxy) is 2. The molecule has 2 rings (SSSR count). The molecule has 1 aromatic heterocycles. The lowest BCUT2D eigenvalue weighted by Crippen LogP contribution is -2.22. The van der Waals surface area contributed by atoms with Crippen molar-refractivity contribution in [3.8, 4) is 11.8 Å². The standard InChI is InChI=1S/C18H14F6N4O5/c1-10(6-11-2-4-12(5-3-11)28(30)31)15(29)27-16-25-13(32-8-17(19,20)21)7-14(26-16)33-9-18(22,23)24/h2-5,7H,1,6,8-9H2,(H,25,26,27,29). The van der Waals surface area contributed by atoms with Gasteiger partial charge in [0, 0.05) is 24.1 Å². The number of aromatic nitrogens is 2. The second kappa shape index (κ2) is 10.1. The van der Waals surface area contributed by atoms with E-state index >= 15 is 0 Å². The summed E-state index contributed by atoms with van der Waals surface area (Å²) in [5.74, 6) is -3.20. The van der Waals surface area contributed by atoms with Gasteiger partial charge in [-0.1, -0.05) is 18.7 Å². The summed E-state index contributed by atoms with van der Waals surface area (Å²) in [5, 5.41) is 12.7. The Morgan fingerprint density at radius 2 is 1.48 bits per heavy atom. The minimum absolute atomic E-state index is 0.0779. The maximum absolute atomic E-state index is 12.4. The molecule has 0 saturated heterocycles. The summed E-state index contributed by atoms with van der Waals surface area (Å²) in [6, 6.07) is 5.76. The first-order valence-corrected chi connectivity index (χ1v) is 8.72. The minimum atomic E-state index is -4.76. The van der Waals surface area contributed by atoms with Gasteiger partial charge in [0.05, 0.1) is 11.0 Å². The van der Waals surface area contributed by atoms with Gasteiger partial charge >= 0.3 is 12.4 Å². The van der Waals surface area contributed by atoms with E-state index in [2.05, 4.69) is 31.3 Å². The van der Waals surface area contributed by atoms with E-state index in [1.54, 1.807) is 0 Å². The number of rotatable bonds is 9. The largest absolute Gasteiger partial charge is 0.468 e. The molecule has 1 amide bonds. The van der Waals surface area contributed by atoms with E-state index < -0.39 is 54.1 Å². The molecule has 0 aliphatic heterocycles. The Labute approximate surface area is 181 Å². The van der Waals surface area contributed by atoms with E-state index in [0.29, 0.717) is 11.6 Å². The molecular formula is C18H14F6N4O5. The van der Waals surface area contributed by atoms with E-state index in [-0.39, 0.29) is 17.7 Å². The van der Waals surface area contributed by atoms with Gasteiger partial charge in [-0.3, -0.25) is 20.2 Å². The quantitative estimate of drug-likeness (QED) is 0.250. The van der Waals surface area contributed by atoms with Gasteiger partial charge in [0.15, 0.2) is 13.2 Å². The Hall–Kier alpha value is -3.91. The summed E-state index contributed by atoms with van der Waals surface area (Å²) >= 11 is 0. The topological polar surface area (TPSA) is 116 Å². The van der Waals surface area contributed by atoms with Gasteiger partial charge in [-0.2, -0.15) is 36.3 Å². The number of hydrogen-bond acceptors (Lipinski definition) is 7. The van der Waals surface area contributed by atoms with Gasteiger partial charge in [0.2, 0.25) is 17.7 Å². The van der Waals surface area contributed by atoms with Crippen LogP contribution in [0.1, 0.15) is 5.56 Å². The molecule has 178 valence electrons. The number of halogens is 6. The number of nitrogens with one attached hydrogen (secondary N) is 1. The smallest absolute Gasteiger partial charge is 0.422 e. The molecule has 15 heteroatoms. The van der Waals surface area contributed by atoms with Crippen molar-refractivity contribution in [3.63, 3.8) is 0 Å². The van der Waals surface area contributed by atoms with Crippen molar-refractivity contribution < 1.29 is 45.5 Å². The lowest BCUT2D eigenvalue weighted by atomic mass is 10.1. The fourth-order valence-electron chi connectivity index (χ4n) is 2.17. The second-order valence-electron chi connectivity index (χ2n) is 6.33. The lowest BCUT2D eigenvalue weighted by Gasteiger charge is -2.13. The number of carbonyl (C=O) groups excluding carboxylic acids is 1. The summed E-state index contributed by atoms with van der Waals surface area (Å²) in [6.07, 6.45) is -9.60. The van der Waals surface area contributed by atoms with Crippen LogP contribution >= 0.6 is 0 Å². The Balaban J connectivity index is 2.14. The predicted octanol–water partition coefficient (Wildman–Crippen LogP) is 4.00. The first-order chi connectivity index (χ1) is 15.2. The van der Waals surface area contributed by atoms with Crippen molar-refractivity contribution in [1.82, 2.24) is 9.97 Å². The molecule has 0 fully saturated rings. The van der Waals surface area contributed by atoms with Gasteiger partial charge < -0.3 is 9.47 Å². The maximum atomic E-state index is 12.4. The number of anilines is 1. The molecule has 0 aliphatic rings. The highest BCUT2D eigenvalue weighted by atomic mass is 19.4. The number of nitro groups is 1. The number of nitrogens with zero attached hydrogens (tertiary/aromatic N) is 3. The molecule has 0 unspecified atom stereocenters. The van der Waals surface area contributed by atoms with Crippen LogP contribution in [-0.4, -0.2) is 46.4 Å². The molecule has 33 heavy (non-hydrogen) atoms. The highest BCUT2D eigenvalue weighted by Gasteiger charge is 2.30. The van der Waals surface area contributed by atoms with Crippen molar-refractivity contribution in [3.05, 3.63) is 58.2 Å². The van der Waals surface area contributed by atoms with E-state index in [1.165, 1.54) is 24.3 Å². The maximum Gasteiger partial charge on any atom is 0.422 e. The summed E-state index contributed by atoms with van der Waals surface area (Å²) in [5.41, 5.74) is 0.189. The zero-order chi connectivity index (χ0) is 24.8. The fraction of sp³-hybridized carbons (Fsp3) is 0.278. The lowest BCUT2D eigenvalue weighted by molar-refractivity contribution is -0.384. The van der Waals surface area contributed by atoms with Crippen molar-refractivity contribution >= 4 is 17.5 Å². The number of carbonyl (C=O) groups is 1. The SMILES string of the molecule is C=C(Cc1ccc([N+](=O)[O-])cc1)C(=O)Nc1nc(OCC(F)(F)F)cc(OCC(F)(F)F)n1. The Morgan fingerprint density at radius 3 is 1.91 bits per heavy atom. The first-order valence-electron chi connectivity index (χ1n) is 8.72. The molecule has 1 aromatic carbocycles. The van der Waals surface area contributed by atoms with Crippen LogP contribution < -0.4 is 14.8 Å². The third-order valence-electron chi connectivity index (χ3n) is 3.56. The third-order valence-corrected chi connectivity index (χ3v) is 3.56. The average molecular weight is 480 g/mol. The Bertz CT molecular complexity index is 988. The van der Waals surface area contributed by atoms with E-state index in [0.717, 1.165) is 0 Å². The number of alkyl halides is 6. The number of amides is 1. The zero-order valence-corrected chi connectivity index (χ0v) is 16.4. The monoisotopic (exact) mass is 480 g/mol. The van der Waals surface area contributed by atoms with Gasteiger partial charge in [-0.15, -0.1) is 0 Å². The fourth-order valence-corrected chi connectivity index (χ4v) is 2.17. The highest BCUT2D eigenvalue weighted by Crippen LogP contribution is 2.24. The Morgan fingerprint density at radius 1 is 1.00 bits per heavy atom. The molecule has 0 bridgehead atoms. The van der Waals surface area contributed by atoms with E-state index in [9.17, 15) is 41.3 Å². The average Bonchev–Trinajstić information content (AvgIpc) is 2.70. The third kappa shape index (κ3) is 9.00. The Kier molecular flexibility index (Phi) is 7.79. The molecule has 0 aliphatic carbocycles. The van der Waals surface area contributed by atoms with Crippen LogP contribution in [0.3, 0.4) is 0 Å². The van der Waals surface area contributed by atoms with Gasteiger partial charge in [-0.05, 0) is 5.56 Å².